The third kappa shape index (κ3) is 4.18. The number of aliphatic hydroxyl groups is 1. The summed E-state index contributed by atoms with van der Waals surface area (Å²) in [5.74, 6) is 0.979. The lowest BCUT2D eigenvalue weighted by molar-refractivity contribution is -0.385. The lowest BCUT2D eigenvalue weighted by Gasteiger charge is -2.16. The second-order valence-electron chi connectivity index (χ2n) is 5.22. The molecule has 20 heavy (non-hydrogen) atoms. The van der Waals surface area contributed by atoms with Crippen molar-refractivity contribution in [2.75, 3.05) is 6.61 Å². The summed E-state index contributed by atoms with van der Waals surface area (Å²) in [6, 6.07) is 4.36. The van der Waals surface area contributed by atoms with Crippen molar-refractivity contribution in [1.82, 2.24) is 0 Å². The summed E-state index contributed by atoms with van der Waals surface area (Å²) >= 11 is 3.29. The van der Waals surface area contributed by atoms with Crippen molar-refractivity contribution in [1.29, 1.82) is 0 Å². The van der Waals surface area contributed by atoms with Crippen molar-refractivity contribution >= 4 is 21.6 Å². The molecule has 1 aromatic rings. The van der Waals surface area contributed by atoms with Crippen LogP contribution < -0.4 is 4.74 Å². The second-order valence-corrected chi connectivity index (χ2v) is 6.08. The molecular formula is C14H18BrNO4. The van der Waals surface area contributed by atoms with Crippen LogP contribution in [0.15, 0.2) is 22.7 Å². The normalized spacial score (nSPS) is 17.1. The van der Waals surface area contributed by atoms with E-state index in [1.165, 1.54) is 37.8 Å². The van der Waals surface area contributed by atoms with Gasteiger partial charge >= 0.3 is 0 Å². The smallest absolute Gasteiger partial charge is 0.273 e. The van der Waals surface area contributed by atoms with Gasteiger partial charge in [0, 0.05) is 6.07 Å². The number of non-ortho nitro benzene ring substituents is 1. The van der Waals surface area contributed by atoms with Crippen LogP contribution >= 0.6 is 15.9 Å². The Labute approximate surface area is 126 Å². The summed E-state index contributed by atoms with van der Waals surface area (Å²) in [6.45, 7) is 0.163. The Kier molecular flexibility index (Phi) is 5.37. The molecule has 1 N–H and O–H groups in total. The molecule has 1 fully saturated rings. The summed E-state index contributed by atoms with van der Waals surface area (Å²) in [5, 5.41) is 20.7. The van der Waals surface area contributed by atoms with Crippen molar-refractivity contribution in [3.63, 3.8) is 0 Å². The van der Waals surface area contributed by atoms with Crippen molar-refractivity contribution in [3.8, 4) is 5.75 Å². The highest BCUT2D eigenvalue weighted by atomic mass is 79.9. The molecule has 1 atom stereocenters. The first-order valence-corrected chi connectivity index (χ1v) is 7.60. The number of nitro groups is 1. The molecule has 1 unspecified atom stereocenters. The first-order valence-electron chi connectivity index (χ1n) is 6.81. The molecule has 0 saturated heterocycles. The molecule has 2 rings (SSSR count). The van der Waals surface area contributed by atoms with E-state index >= 15 is 0 Å². The number of nitro benzene ring substituents is 1. The van der Waals surface area contributed by atoms with Gasteiger partial charge in [0.05, 0.1) is 21.6 Å². The Balaban J connectivity index is 1.89. The number of hydrogen-bond acceptors (Lipinski definition) is 4. The molecule has 0 spiro atoms. The van der Waals surface area contributed by atoms with Crippen LogP contribution in [0.5, 0.6) is 5.75 Å². The van der Waals surface area contributed by atoms with Gasteiger partial charge in [-0.3, -0.25) is 10.1 Å². The lowest BCUT2D eigenvalue weighted by Crippen LogP contribution is -2.20. The minimum absolute atomic E-state index is 0.0199. The molecule has 0 heterocycles. The van der Waals surface area contributed by atoms with E-state index in [1.54, 1.807) is 6.07 Å². The Hall–Kier alpha value is -1.14. The zero-order chi connectivity index (χ0) is 14.5. The summed E-state index contributed by atoms with van der Waals surface area (Å²) in [6.07, 6.45) is 5.06. The number of aliphatic hydroxyl groups excluding tert-OH is 1. The number of hydrogen-bond donors (Lipinski definition) is 1. The van der Waals surface area contributed by atoms with E-state index in [-0.39, 0.29) is 12.3 Å². The Bertz CT molecular complexity index is 474. The first kappa shape index (κ1) is 15.3. The molecule has 1 aliphatic rings. The van der Waals surface area contributed by atoms with Gasteiger partial charge in [0.25, 0.3) is 5.69 Å². The maximum absolute atomic E-state index is 10.7. The molecule has 6 heteroatoms. The highest BCUT2D eigenvalue weighted by Crippen LogP contribution is 2.31. The van der Waals surface area contributed by atoms with Gasteiger partial charge in [0.1, 0.15) is 12.4 Å². The van der Waals surface area contributed by atoms with Crippen LogP contribution in [-0.2, 0) is 0 Å². The number of nitrogens with zero attached hydrogens (tertiary/aromatic N) is 1. The number of rotatable bonds is 6. The Morgan fingerprint density at radius 3 is 2.80 bits per heavy atom. The van der Waals surface area contributed by atoms with E-state index < -0.39 is 11.0 Å². The minimum Gasteiger partial charge on any atom is -0.489 e. The molecule has 0 amide bonds. The molecule has 5 nitrogen and oxygen atoms in total. The largest absolute Gasteiger partial charge is 0.489 e. The second kappa shape index (κ2) is 7.04. The maximum Gasteiger partial charge on any atom is 0.273 e. The van der Waals surface area contributed by atoms with Crippen LogP contribution in [0.2, 0.25) is 0 Å². The van der Waals surface area contributed by atoms with Crippen molar-refractivity contribution < 1.29 is 14.8 Å². The van der Waals surface area contributed by atoms with E-state index in [2.05, 4.69) is 15.9 Å². The molecule has 0 bridgehead atoms. The predicted molar refractivity (Wildman–Crippen MR) is 78.9 cm³/mol. The van der Waals surface area contributed by atoms with Gasteiger partial charge in [-0.1, -0.05) is 25.7 Å². The number of halogens is 1. The summed E-state index contributed by atoms with van der Waals surface area (Å²) < 4.78 is 6.15. The molecular weight excluding hydrogens is 326 g/mol. The molecule has 1 aromatic carbocycles. The fourth-order valence-electron chi connectivity index (χ4n) is 2.60. The lowest BCUT2D eigenvalue weighted by atomic mass is 10.0. The molecule has 0 aromatic heterocycles. The molecule has 1 aliphatic carbocycles. The van der Waals surface area contributed by atoms with Gasteiger partial charge in [-0.05, 0) is 34.3 Å². The van der Waals surface area contributed by atoms with Crippen molar-refractivity contribution in [2.24, 2.45) is 5.92 Å². The van der Waals surface area contributed by atoms with Gasteiger partial charge in [-0.2, -0.15) is 0 Å². The summed E-state index contributed by atoms with van der Waals surface area (Å²) in [5.41, 5.74) is -0.0199. The minimum atomic E-state index is -0.524. The SMILES string of the molecule is O=[N+]([O-])c1ccc(Br)c(OCC(O)CC2CCCC2)c1. The van der Waals surface area contributed by atoms with Crippen LogP contribution in [0.3, 0.4) is 0 Å². The van der Waals surface area contributed by atoms with Crippen LogP contribution in [0.4, 0.5) is 5.69 Å². The van der Waals surface area contributed by atoms with E-state index in [1.807, 2.05) is 0 Å². The summed E-state index contributed by atoms with van der Waals surface area (Å²) in [7, 11) is 0. The zero-order valence-corrected chi connectivity index (χ0v) is 12.7. The van der Waals surface area contributed by atoms with Gasteiger partial charge < -0.3 is 9.84 Å². The highest BCUT2D eigenvalue weighted by Gasteiger charge is 2.19. The van der Waals surface area contributed by atoms with E-state index in [9.17, 15) is 15.2 Å². The quantitative estimate of drug-likeness (QED) is 0.631. The van der Waals surface area contributed by atoms with Gasteiger partial charge in [-0.15, -0.1) is 0 Å². The molecule has 0 radical (unpaired) electrons. The molecule has 110 valence electrons. The van der Waals surface area contributed by atoms with Gasteiger partial charge in [0.2, 0.25) is 0 Å². The van der Waals surface area contributed by atoms with Gasteiger partial charge in [-0.25, -0.2) is 0 Å². The first-order chi connectivity index (χ1) is 9.56. The number of ether oxygens (including phenoxy) is 1. The van der Waals surface area contributed by atoms with E-state index in [0.29, 0.717) is 16.1 Å². The highest BCUT2D eigenvalue weighted by molar-refractivity contribution is 9.10. The molecule has 1 saturated carbocycles. The monoisotopic (exact) mass is 343 g/mol. The summed E-state index contributed by atoms with van der Waals surface area (Å²) in [4.78, 5) is 10.3. The molecule has 0 aliphatic heterocycles. The van der Waals surface area contributed by atoms with Crippen molar-refractivity contribution in [2.45, 2.75) is 38.2 Å². The Morgan fingerprint density at radius 1 is 1.45 bits per heavy atom. The average Bonchev–Trinajstić information content (AvgIpc) is 2.90. The Morgan fingerprint density at radius 2 is 2.15 bits per heavy atom. The average molecular weight is 344 g/mol. The van der Waals surface area contributed by atoms with Crippen LogP contribution in [-0.4, -0.2) is 22.7 Å². The topological polar surface area (TPSA) is 72.6 Å². The van der Waals surface area contributed by atoms with Gasteiger partial charge in [0.15, 0.2) is 0 Å². The van der Waals surface area contributed by atoms with Crippen molar-refractivity contribution in [3.05, 3.63) is 32.8 Å². The van der Waals surface area contributed by atoms with Crippen LogP contribution in [0.1, 0.15) is 32.1 Å². The van der Waals surface area contributed by atoms with Crippen LogP contribution in [0.25, 0.3) is 0 Å². The third-order valence-electron chi connectivity index (χ3n) is 3.64. The predicted octanol–water partition coefficient (Wildman–Crippen LogP) is 3.68. The van der Waals surface area contributed by atoms with E-state index in [0.717, 1.165) is 6.42 Å². The fourth-order valence-corrected chi connectivity index (χ4v) is 2.96. The standard InChI is InChI=1S/C14H18BrNO4/c15-13-6-5-11(16(18)19)8-14(13)20-9-12(17)7-10-3-1-2-4-10/h5-6,8,10,12,17H,1-4,7,9H2. The van der Waals surface area contributed by atoms with E-state index in [4.69, 9.17) is 4.74 Å². The third-order valence-corrected chi connectivity index (χ3v) is 4.29. The zero-order valence-electron chi connectivity index (χ0n) is 11.1. The van der Waals surface area contributed by atoms with Crippen LogP contribution in [0, 0.1) is 16.0 Å². The fraction of sp³-hybridized carbons (Fsp3) is 0.571. The number of benzene rings is 1. The maximum atomic E-state index is 10.7.